The van der Waals surface area contributed by atoms with E-state index in [4.69, 9.17) is 40.0 Å². The van der Waals surface area contributed by atoms with Crippen LogP contribution < -0.4 is 5.09 Å². The molecule has 0 radical (unpaired) electrons. The van der Waals surface area contributed by atoms with Gasteiger partial charge < -0.3 is 18.3 Å². The van der Waals surface area contributed by atoms with E-state index >= 15 is 0 Å². The first-order valence-corrected chi connectivity index (χ1v) is 16.7. The lowest BCUT2D eigenvalue weighted by Gasteiger charge is -2.31. The molecule has 0 aliphatic heterocycles. The molecule has 1 aliphatic rings. The number of ether oxygens (including phenoxy) is 1. The lowest BCUT2D eigenvalue weighted by Crippen LogP contribution is -2.34. The summed E-state index contributed by atoms with van der Waals surface area (Å²) in [4.78, 5) is 0. The third-order valence-corrected chi connectivity index (χ3v) is 9.89. The van der Waals surface area contributed by atoms with Crippen LogP contribution in [0.2, 0.25) is 0 Å². The Morgan fingerprint density at radius 2 is 1.58 bits per heavy atom. The summed E-state index contributed by atoms with van der Waals surface area (Å²) in [7, 11) is -3.48. The van der Waals surface area contributed by atoms with E-state index in [1.54, 1.807) is 13.8 Å². The molecule has 0 amide bonds. The molecule has 0 aromatic carbocycles. The molecule has 8 atom stereocenters. The lowest BCUT2D eigenvalue weighted by atomic mass is 9.94. The van der Waals surface area contributed by atoms with Gasteiger partial charge in [0.2, 0.25) is 0 Å². The van der Waals surface area contributed by atoms with Gasteiger partial charge in [-0.15, -0.1) is 9.24 Å². The molecule has 0 saturated heterocycles. The molecule has 31 heavy (non-hydrogen) atoms. The second-order valence-corrected chi connectivity index (χ2v) is 15.0. The van der Waals surface area contributed by atoms with E-state index < -0.39 is 46.3 Å². The van der Waals surface area contributed by atoms with Crippen molar-refractivity contribution in [3.63, 3.8) is 0 Å². The Morgan fingerprint density at radius 3 is 2.10 bits per heavy atom. The highest BCUT2D eigenvalue weighted by Crippen LogP contribution is 2.56. The molecule has 0 spiro atoms. The second-order valence-electron chi connectivity index (χ2n) is 7.52. The summed E-state index contributed by atoms with van der Waals surface area (Å²) in [5.74, 6) is -1.29. The minimum atomic E-state index is -3.94. The van der Waals surface area contributed by atoms with Crippen molar-refractivity contribution in [3.05, 3.63) is 0 Å². The molecule has 1 N–H and O–H groups in total. The average molecular weight is 548 g/mol. The van der Waals surface area contributed by atoms with Gasteiger partial charge in [-0.25, -0.2) is 9.65 Å². The Hall–Kier alpha value is 1.13. The van der Waals surface area contributed by atoms with Crippen LogP contribution in [0.25, 0.3) is 0 Å². The third-order valence-electron chi connectivity index (χ3n) is 4.07. The molecule has 1 rings (SSSR count). The Bertz CT molecular complexity index is 715. The SMILES string of the molecule is [3H]C(P)P(=O)(OCC(C)OP(C)(=O)NC1CCC1)OC(C)COP(=O)(Cl)OC(C)COC. The highest BCUT2D eigenvalue weighted by Gasteiger charge is 2.31. The van der Waals surface area contributed by atoms with Gasteiger partial charge in [0, 0.05) is 32.4 Å². The van der Waals surface area contributed by atoms with E-state index in [1.807, 2.05) is 0 Å². The fourth-order valence-corrected chi connectivity index (χ4v) is 7.49. The van der Waals surface area contributed by atoms with Gasteiger partial charge in [-0.1, -0.05) is 6.42 Å². The molecule has 0 aromatic heterocycles. The minimum Gasteiger partial charge on any atom is -0.382 e. The number of halogens is 1. The maximum atomic E-state index is 13.0. The number of hydrogen-bond acceptors (Lipinski definition) is 9. The van der Waals surface area contributed by atoms with E-state index in [-0.39, 0.29) is 25.9 Å². The van der Waals surface area contributed by atoms with Crippen LogP contribution >= 0.6 is 42.5 Å². The first-order valence-electron chi connectivity index (χ1n) is 10.5. The highest BCUT2D eigenvalue weighted by atomic mass is 35.7. The lowest BCUT2D eigenvalue weighted by molar-refractivity contribution is 0.0631. The van der Waals surface area contributed by atoms with Crippen molar-refractivity contribution in [3.8, 4) is 0 Å². The molecule has 10 nitrogen and oxygen atoms in total. The largest absolute Gasteiger partial charge is 0.424 e. The summed E-state index contributed by atoms with van der Waals surface area (Å²) in [5, 5.41) is 2.99. The van der Waals surface area contributed by atoms with Crippen LogP contribution in [-0.2, 0) is 41.1 Å². The van der Waals surface area contributed by atoms with Crippen LogP contribution in [0.1, 0.15) is 41.4 Å². The zero-order valence-corrected chi connectivity index (χ0v) is 23.2. The molecule has 186 valence electrons. The van der Waals surface area contributed by atoms with Gasteiger partial charge in [-0.3, -0.25) is 18.2 Å². The summed E-state index contributed by atoms with van der Waals surface area (Å²) in [6.07, 6.45) is 0.895. The van der Waals surface area contributed by atoms with Gasteiger partial charge in [-0.2, -0.15) is 0 Å². The van der Waals surface area contributed by atoms with Crippen molar-refractivity contribution in [2.24, 2.45) is 0 Å². The van der Waals surface area contributed by atoms with Crippen molar-refractivity contribution >= 4 is 42.5 Å². The molecule has 1 fully saturated rings. The van der Waals surface area contributed by atoms with Crippen LogP contribution in [0.3, 0.4) is 0 Å². The van der Waals surface area contributed by atoms with Crippen molar-refractivity contribution in [2.75, 3.05) is 39.5 Å². The zero-order chi connectivity index (χ0) is 24.6. The monoisotopic (exact) mass is 547 g/mol. The molecule has 1 saturated carbocycles. The predicted octanol–water partition coefficient (Wildman–Crippen LogP) is 5.22. The summed E-state index contributed by atoms with van der Waals surface area (Å²) in [5.41, 5.74) is 0. The fourth-order valence-electron chi connectivity index (χ4n) is 2.58. The van der Waals surface area contributed by atoms with E-state index in [1.165, 1.54) is 20.7 Å². The van der Waals surface area contributed by atoms with Crippen molar-refractivity contribution in [1.29, 1.82) is 0 Å². The van der Waals surface area contributed by atoms with E-state index in [0.717, 1.165) is 19.3 Å². The number of hydrogen-bond donors (Lipinski definition) is 1. The highest BCUT2D eigenvalue weighted by molar-refractivity contribution is 7.81. The van der Waals surface area contributed by atoms with Gasteiger partial charge in [0.05, 0.1) is 44.0 Å². The van der Waals surface area contributed by atoms with Gasteiger partial charge >= 0.3 is 14.5 Å². The summed E-state index contributed by atoms with van der Waals surface area (Å²) < 4.78 is 77.0. The van der Waals surface area contributed by atoms with Crippen LogP contribution in [0.5, 0.6) is 0 Å². The molecule has 1 aliphatic carbocycles. The zero-order valence-electron chi connectivity index (χ0n) is 19.6. The predicted molar refractivity (Wildman–Crippen MR) is 125 cm³/mol. The Balaban J connectivity index is 2.54. The molecule has 8 unspecified atom stereocenters. The van der Waals surface area contributed by atoms with E-state index in [2.05, 4.69) is 14.3 Å². The molecule has 0 heterocycles. The van der Waals surface area contributed by atoms with Crippen molar-refractivity contribution in [1.82, 2.24) is 5.09 Å². The molecule has 0 bridgehead atoms. The summed E-state index contributed by atoms with van der Waals surface area (Å²) >= 11 is 5.77. The summed E-state index contributed by atoms with van der Waals surface area (Å²) in [6, 6.07) is 0.179. The van der Waals surface area contributed by atoms with E-state index in [0.29, 0.717) is 0 Å². The van der Waals surface area contributed by atoms with Crippen LogP contribution in [0, 0.1) is 0 Å². The normalized spacial score (nSPS) is 25.2. The maximum absolute atomic E-state index is 13.0. The number of nitrogens with one attached hydrogen (secondary N) is 1. The minimum absolute atomic E-state index is 0.171. The van der Waals surface area contributed by atoms with Gasteiger partial charge in [0.15, 0.2) is 0 Å². The van der Waals surface area contributed by atoms with Crippen molar-refractivity contribution in [2.45, 2.75) is 64.4 Å². The Labute approximate surface area is 194 Å². The number of methoxy groups -OCH3 is 1. The van der Waals surface area contributed by atoms with Crippen LogP contribution in [0.4, 0.5) is 0 Å². The van der Waals surface area contributed by atoms with Crippen molar-refractivity contribution < 1.29 is 42.4 Å². The molecular formula is C16H36ClNO9P4. The summed E-state index contributed by atoms with van der Waals surface area (Å²) in [6.45, 7) is 1.97. The first kappa shape index (κ1) is 28.4. The molecular weight excluding hydrogens is 510 g/mol. The van der Waals surface area contributed by atoms with Crippen LogP contribution in [-0.4, -0.2) is 63.8 Å². The quantitative estimate of drug-likeness (QED) is 0.243. The van der Waals surface area contributed by atoms with Crippen LogP contribution in [0.15, 0.2) is 0 Å². The smallest absolute Gasteiger partial charge is 0.382 e. The number of rotatable bonds is 17. The Kier molecular flexibility index (Phi) is 12.7. The third kappa shape index (κ3) is 13.0. The fraction of sp³-hybridized carbons (Fsp3) is 1.00. The Morgan fingerprint density at radius 1 is 1.03 bits per heavy atom. The maximum Gasteiger partial charge on any atom is 0.424 e. The molecule has 15 heteroatoms. The van der Waals surface area contributed by atoms with E-state index in [9.17, 15) is 13.7 Å². The molecule has 0 aromatic rings. The topological polar surface area (TPSA) is 119 Å². The first-order chi connectivity index (χ1) is 14.7. The van der Waals surface area contributed by atoms with Gasteiger partial charge in [0.25, 0.3) is 7.52 Å². The average Bonchev–Trinajstić information content (AvgIpc) is 2.61. The second kappa shape index (κ2) is 13.9. The standard InChI is InChI=1S/C16H36ClNO9P4/c1-13(9-22-4)27-31(17,21)24-11-15(3)26-30(20,12-28)23-10-14(2)25-29(5,19)18-16-7-6-8-16/h13-16H,6-12,28H2,1-5H3,(H,18,19)/i12T. The van der Waals surface area contributed by atoms with Gasteiger partial charge in [-0.05, 0) is 33.6 Å². The van der Waals surface area contributed by atoms with Gasteiger partial charge in [0.1, 0.15) is 0 Å².